The Morgan fingerprint density at radius 3 is 2.67 bits per heavy atom. The van der Waals surface area contributed by atoms with Gasteiger partial charge in [0.25, 0.3) is 0 Å². The third-order valence-electron chi connectivity index (χ3n) is 4.23. The molecule has 1 atom stereocenters. The lowest BCUT2D eigenvalue weighted by molar-refractivity contribution is 0.0790. The number of nitrogens with zero attached hydrogens (tertiary/aromatic N) is 1. The first-order chi connectivity index (χ1) is 10.1. The van der Waals surface area contributed by atoms with Gasteiger partial charge in [-0.15, -0.1) is 0 Å². The van der Waals surface area contributed by atoms with Crippen molar-refractivity contribution in [3.05, 3.63) is 35.6 Å². The highest BCUT2D eigenvalue weighted by molar-refractivity contribution is 5.98. The number of methoxy groups -OCH3 is 1. The van der Waals surface area contributed by atoms with Gasteiger partial charge < -0.3 is 9.64 Å². The van der Waals surface area contributed by atoms with E-state index >= 15 is 0 Å². The van der Waals surface area contributed by atoms with Crippen molar-refractivity contribution in [3.8, 4) is 0 Å². The summed E-state index contributed by atoms with van der Waals surface area (Å²) in [5.41, 5.74) is 0.208. The lowest BCUT2D eigenvalue weighted by atomic mass is 9.94. The number of rotatable bonds is 6. The molecule has 1 aliphatic heterocycles. The van der Waals surface area contributed by atoms with Gasteiger partial charge in [-0.2, -0.15) is 0 Å². The molecule has 21 heavy (non-hydrogen) atoms. The third-order valence-corrected chi connectivity index (χ3v) is 4.23. The first-order valence-electron chi connectivity index (χ1n) is 7.62. The molecular weight excluding hydrogens is 269 g/mol. The van der Waals surface area contributed by atoms with Crippen molar-refractivity contribution in [1.29, 1.82) is 0 Å². The van der Waals surface area contributed by atoms with Crippen molar-refractivity contribution in [3.63, 3.8) is 0 Å². The molecule has 1 fully saturated rings. The fourth-order valence-electron chi connectivity index (χ4n) is 2.97. The maximum absolute atomic E-state index is 13.7. The van der Waals surface area contributed by atoms with E-state index in [2.05, 4.69) is 4.90 Å². The summed E-state index contributed by atoms with van der Waals surface area (Å²) in [5, 5.41) is 0. The number of likely N-dealkylation sites (tertiary alicyclic amines) is 1. The molecule has 3 nitrogen and oxygen atoms in total. The van der Waals surface area contributed by atoms with Gasteiger partial charge in [0, 0.05) is 26.2 Å². The van der Waals surface area contributed by atoms with Crippen LogP contribution in [0.4, 0.5) is 4.39 Å². The molecule has 1 aliphatic rings. The molecule has 2 rings (SSSR count). The van der Waals surface area contributed by atoms with E-state index in [1.54, 1.807) is 25.3 Å². The number of ether oxygens (including phenoxy) is 1. The zero-order valence-corrected chi connectivity index (χ0v) is 12.8. The highest BCUT2D eigenvalue weighted by Crippen LogP contribution is 2.20. The molecule has 1 unspecified atom stereocenters. The summed E-state index contributed by atoms with van der Waals surface area (Å²) in [5.74, 6) is -0.0787. The fourth-order valence-corrected chi connectivity index (χ4v) is 2.97. The van der Waals surface area contributed by atoms with E-state index in [9.17, 15) is 9.18 Å². The minimum atomic E-state index is -0.423. The predicted octanol–water partition coefficient (Wildman–Crippen LogP) is 3.00. The van der Waals surface area contributed by atoms with Crippen molar-refractivity contribution in [2.45, 2.75) is 19.8 Å². The van der Waals surface area contributed by atoms with Crippen LogP contribution < -0.4 is 0 Å². The van der Waals surface area contributed by atoms with Crippen molar-refractivity contribution in [1.82, 2.24) is 4.90 Å². The number of hydrogen-bond acceptors (Lipinski definition) is 3. The first kappa shape index (κ1) is 16.1. The Labute approximate surface area is 126 Å². The van der Waals surface area contributed by atoms with E-state index in [0.29, 0.717) is 12.5 Å². The van der Waals surface area contributed by atoms with Gasteiger partial charge in [0.1, 0.15) is 5.82 Å². The Balaban J connectivity index is 1.86. The van der Waals surface area contributed by atoms with E-state index in [4.69, 9.17) is 4.74 Å². The molecular formula is C17H24FNO2. The standard InChI is InChI=1S/C17H24FNO2/c1-13(17(20)15-5-3-4-6-16(15)18)11-19-9-7-14(8-10-19)12-21-2/h3-6,13-14H,7-12H2,1-2H3. The summed E-state index contributed by atoms with van der Waals surface area (Å²) in [6, 6.07) is 6.23. The number of piperidine rings is 1. The molecule has 0 spiro atoms. The number of ketones is 1. The van der Waals surface area contributed by atoms with Gasteiger partial charge >= 0.3 is 0 Å². The second-order valence-corrected chi connectivity index (χ2v) is 5.94. The molecule has 116 valence electrons. The van der Waals surface area contributed by atoms with E-state index in [1.165, 1.54) is 6.07 Å². The van der Waals surface area contributed by atoms with Gasteiger partial charge in [0.15, 0.2) is 5.78 Å². The van der Waals surface area contributed by atoms with Gasteiger partial charge in [-0.25, -0.2) is 4.39 Å². The lowest BCUT2D eigenvalue weighted by Gasteiger charge is -2.33. The lowest BCUT2D eigenvalue weighted by Crippen LogP contribution is -2.39. The highest BCUT2D eigenvalue weighted by atomic mass is 19.1. The highest BCUT2D eigenvalue weighted by Gasteiger charge is 2.24. The second-order valence-electron chi connectivity index (χ2n) is 5.94. The molecule has 1 saturated heterocycles. The van der Waals surface area contributed by atoms with Crippen LogP contribution >= 0.6 is 0 Å². The summed E-state index contributed by atoms with van der Waals surface area (Å²) in [7, 11) is 1.74. The SMILES string of the molecule is COCC1CCN(CC(C)C(=O)c2ccccc2F)CC1. The van der Waals surface area contributed by atoms with E-state index in [1.807, 2.05) is 6.92 Å². The van der Waals surface area contributed by atoms with E-state index in [-0.39, 0.29) is 17.3 Å². The number of hydrogen-bond donors (Lipinski definition) is 0. The summed E-state index contributed by atoms with van der Waals surface area (Å²) in [6.07, 6.45) is 2.21. The molecule has 1 aromatic carbocycles. The average Bonchev–Trinajstić information content (AvgIpc) is 2.49. The van der Waals surface area contributed by atoms with Crippen LogP contribution in [0.15, 0.2) is 24.3 Å². The number of Topliss-reactive ketones (excluding diaryl/α,β-unsaturated/α-hetero) is 1. The maximum Gasteiger partial charge on any atom is 0.169 e. The van der Waals surface area contributed by atoms with Gasteiger partial charge in [0.05, 0.1) is 5.56 Å². The molecule has 0 saturated carbocycles. The Morgan fingerprint density at radius 1 is 1.38 bits per heavy atom. The third kappa shape index (κ3) is 4.35. The molecule has 0 radical (unpaired) electrons. The van der Waals surface area contributed by atoms with Crippen molar-refractivity contribution < 1.29 is 13.9 Å². The summed E-state index contributed by atoms with van der Waals surface area (Å²) >= 11 is 0. The fraction of sp³-hybridized carbons (Fsp3) is 0.588. The Hall–Kier alpha value is -1.26. The minimum Gasteiger partial charge on any atom is -0.384 e. The molecule has 0 aliphatic carbocycles. The molecule has 0 aromatic heterocycles. The van der Waals surface area contributed by atoms with Crippen LogP contribution in [-0.4, -0.2) is 44.0 Å². The van der Waals surface area contributed by atoms with Crippen LogP contribution in [-0.2, 0) is 4.74 Å². The molecule has 0 amide bonds. The monoisotopic (exact) mass is 293 g/mol. The van der Waals surface area contributed by atoms with Crippen molar-refractivity contribution in [2.24, 2.45) is 11.8 Å². The second kappa shape index (κ2) is 7.66. The Kier molecular flexibility index (Phi) is 5.88. The van der Waals surface area contributed by atoms with E-state index in [0.717, 1.165) is 32.5 Å². The van der Waals surface area contributed by atoms with Crippen LogP contribution in [0.2, 0.25) is 0 Å². The summed E-state index contributed by atoms with van der Waals surface area (Å²) in [4.78, 5) is 14.6. The molecule has 0 bridgehead atoms. The largest absolute Gasteiger partial charge is 0.384 e. The number of benzene rings is 1. The molecule has 1 heterocycles. The van der Waals surface area contributed by atoms with Crippen LogP contribution in [0.5, 0.6) is 0 Å². The normalized spacial score (nSPS) is 18.6. The molecule has 4 heteroatoms. The van der Waals surface area contributed by atoms with Crippen LogP contribution in [0.1, 0.15) is 30.1 Å². The van der Waals surface area contributed by atoms with Crippen LogP contribution in [0, 0.1) is 17.7 Å². The Morgan fingerprint density at radius 2 is 2.05 bits per heavy atom. The van der Waals surface area contributed by atoms with Gasteiger partial charge in [-0.3, -0.25) is 4.79 Å². The zero-order chi connectivity index (χ0) is 15.2. The molecule has 1 aromatic rings. The van der Waals surface area contributed by atoms with Crippen LogP contribution in [0.25, 0.3) is 0 Å². The smallest absolute Gasteiger partial charge is 0.169 e. The zero-order valence-electron chi connectivity index (χ0n) is 12.8. The number of halogens is 1. The summed E-state index contributed by atoms with van der Waals surface area (Å²) < 4.78 is 18.9. The number of carbonyl (C=O) groups excluding carboxylic acids is 1. The van der Waals surface area contributed by atoms with Gasteiger partial charge in [-0.1, -0.05) is 19.1 Å². The minimum absolute atomic E-state index is 0.105. The van der Waals surface area contributed by atoms with Gasteiger partial charge in [0.2, 0.25) is 0 Å². The maximum atomic E-state index is 13.7. The van der Waals surface area contributed by atoms with Crippen LogP contribution in [0.3, 0.4) is 0 Å². The predicted molar refractivity (Wildman–Crippen MR) is 80.9 cm³/mol. The van der Waals surface area contributed by atoms with Crippen molar-refractivity contribution >= 4 is 5.78 Å². The summed E-state index contributed by atoms with van der Waals surface area (Å²) in [6.45, 7) is 5.38. The van der Waals surface area contributed by atoms with Gasteiger partial charge in [-0.05, 0) is 44.0 Å². The average molecular weight is 293 g/mol. The quantitative estimate of drug-likeness (QED) is 0.755. The van der Waals surface area contributed by atoms with Crippen molar-refractivity contribution in [2.75, 3.05) is 33.4 Å². The Bertz CT molecular complexity index is 470. The number of carbonyl (C=O) groups is 1. The van der Waals surface area contributed by atoms with E-state index < -0.39 is 5.82 Å². The molecule has 0 N–H and O–H groups in total. The topological polar surface area (TPSA) is 29.5 Å². The first-order valence-corrected chi connectivity index (χ1v) is 7.62.